The number of fused-ring (bicyclic) bond motifs is 11. The summed E-state index contributed by atoms with van der Waals surface area (Å²) in [6, 6.07) is 31.5. The molecule has 0 amide bonds. The Morgan fingerprint density at radius 1 is 0.733 bits per heavy atom. The van der Waals surface area contributed by atoms with Crippen molar-refractivity contribution in [3.8, 4) is 11.1 Å². The number of nitrogens with zero attached hydrogens (tertiary/aromatic N) is 1. The van der Waals surface area contributed by atoms with E-state index in [-0.39, 0.29) is 0 Å². The van der Waals surface area contributed by atoms with Crippen LogP contribution in [0.3, 0.4) is 0 Å². The van der Waals surface area contributed by atoms with Crippen molar-refractivity contribution < 1.29 is 0 Å². The largest absolute Gasteiger partial charge is 0.340 e. The SMILES string of the molecule is CCn1c2cc3ccccc3cc2c2c3ccccc3c3c(c21)-c1ccccc1C3. The smallest absolute Gasteiger partial charge is 0.0580 e. The van der Waals surface area contributed by atoms with Crippen molar-refractivity contribution in [2.45, 2.75) is 19.9 Å². The lowest BCUT2D eigenvalue weighted by molar-refractivity contribution is 0.828. The average Bonchev–Trinajstić information content (AvgIpc) is 3.33. The summed E-state index contributed by atoms with van der Waals surface area (Å²) in [7, 11) is 0. The number of aryl methyl sites for hydroxylation is 1. The highest BCUT2D eigenvalue weighted by molar-refractivity contribution is 6.27. The van der Waals surface area contributed by atoms with Crippen LogP contribution in [0, 0.1) is 0 Å². The van der Waals surface area contributed by atoms with Gasteiger partial charge in [-0.05, 0) is 63.7 Å². The summed E-state index contributed by atoms with van der Waals surface area (Å²) in [6.45, 7) is 3.24. The lowest BCUT2D eigenvalue weighted by Gasteiger charge is -2.12. The first kappa shape index (κ1) is 16.2. The Morgan fingerprint density at radius 3 is 2.27 bits per heavy atom. The van der Waals surface area contributed by atoms with Crippen LogP contribution >= 0.6 is 0 Å². The molecule has 142 valence electrons. The average molecular weight is 383 g/mol. The second-order valence-corrected chi connectivity index (χ2v) is 8.42. The summed E-state index contributed by atoms with van der Waals surface area (Å²) in [5.41, 5.74) is 8.53. The zero-order chi connectivity index (χ0) is 19.8. The lowest BCUT2D eigenvalue weighted by Crippen LogP contribution is -1.96. The zero-order valence-corrected chi connectivity index (χ0v) is 16.9. The van der Waals surface area contributed by atoms with Crippen LogP contribution in [0.5, 0.6) is 0 Å². The molecule has 5 aromatic carbocycles. The Labute approximate surface area is 175 Å². The predicted octanol–water partition coefficient (Wildman–Crippen LogP) is 7.69. The van der Waals surface area contributed by atoms with Crippen molar-refractivity contribution in [1.29, 1.82) is 0 Å². The van der Waals surface area contributed by atoms with Crippen LogP contribution < -0.4 is 0 Å². The van der Waals surface area contributed by atoms with Gasteiger partial charge in [-0.1, -0.05) is 72.8 Å². The van der Waals surface area contributed by atoms with Crippen molar-refractivity contribution >= 4 is 43.4 Å². The Balaban J connectivity index is 1.82. The highest BCUT2D eigenvalue weighted by Gasteiger charge is 2.27. The molecule has 1 aromatic heterocycles. The topological polar surface area (TPSA) is 4.93 Å². The fraction of sp³-hybridized carbons (Fsp3) is 0.103. The number of aromatic nitrogens is 1. The molecule has 7 rings (SSSR count). The van der Waals surface area contributed by atoms with E-state index in [0.29, 0.717) is 0 Å². The normalized spacial score (nSPS) is 12.8. The van der Waals surface area contributed by atoms with Crippen molar-refractivity contribution in [3.05, 3.63) is 96.1 Å². The Bertz CT molecular complexity index is 1650. The molecule has 1 heterocycles. The zero-order valence-electron chi connectivity index (χ0n) is 16.9. The molecule has 0 N–H and O–H groups in total. The van der Waals surface area contributed by atoms with Crippen molar-refractivity contribution in [2.24, 2.45) is 0 Å². The van der Waals surface area contributed by atoms with E-state index in [1.165, 1.54) is 65.6 Å². The summed E-state index contributed by atoms with van der Waals surface area (Å²) < 4.78 is 2.55. The first-order valence-electron chi connectivity index (χ1n) is 10.8. The maximum absolute atomic E-state index is 2.55. The van der Waals surface area contributed by atoms with Crippen LogP contribution in [0.25, 0.3) is 54.5 Å². The molecule has 0 atom stereocenters. The summed E-state index contributed by atoms with van der Waals surface area (Å²) in [5, 5.41) is 8.18. The van der Waals surface area contributed by atoms with Crippen LogP contribution in [0.15, 0.2) is 84.9 Å². The summed E-state index contributed by atoms with van der Waals surface area (Å²) in [4.78, 5) is 0. The van der Waals surface area contributed by atoms with Crippen molar-refractivity contribution in [2.75, 3.05) is 0 Å². The molecule has 0 bridgehead atoms. The Morgan fingerprint density at radius 2 is 1.43 bits per heavy atom. The standard InChI is InChI=1S/C29H21N/c1-2-30-26-17-19-10-4-3-9-18(19)15-25(26)28-23-14-8-7-13-22(23)24-16-20-11-5-6-12-21(20)27(24)29(28)30/h3-15,17H,2,16H2,1H3. The van der Waals surface area contributed by atoms with Gasteiger partial charge < -0.3 is 4.57 Å². The van der Waals surface area contributed by atoms with Gasteiger partial charge in [0, 0.05) is 28.4 Å². The fourth-order valence-electron chi connectivity index (χ4n) is 5.72. The first-order valence-corrected chi connectivity index (χ1v) is 10.8. The van der Waals surface area contributed by atoms with Gasteiger partial charge >= 0.3 is 0 Å². The fourth-order valence-corrected chi connectivity index (χ4v) is 5.72. The van der Waals surface area contributed by atoms with Gasteiger partial charge in [0.15, 0.2) is 0 Å². The van der Waals surface area contributed by atoms with E-state index in [2.05, 4.69) is 96.4 Å². The number of rotatable bonds is 1. The maximum atomic E-state index is 2.55. The summed E-state index contributed by atoms with van der Waals surface area (Å²) >= 11 is 0. The number of hydrogen-bond donors (Lipinski definition) is 0. The van der Waals surface area contributed by atoms with Crippen LogP contribution in [0.4, 0.5) is 0 Å². The molecule has 1 aliphatic rings. The highest BCUT2D eigenvalue weighted by Crippen LogP contribution is 2.49. The van der Waals surface area contributed by atoms with Crippen LogP contribution in [-0.2, 0) is 13.0 Å². The van der Waals surface area contributed by atoms with Gasteiger partial charge in [-0.25, -0.2) is 0 Å². The third kappa shape index (κ3) is 1.92. The summed E-state index contributed by atoms with van der Waals surface area (Å²) in [5.74, 6) is 0. The van der Waals surface area contributed by atoms with Gasteiger partial charge in [-0.15, -0.1) is 0 Å². The van der Waals surface area contributed by atoms with Gasteiger partial charge in [0.1, 0.15) is 0 Å². The van der Waals surface area contributed by atoms with Gasteiger partial charge in [0.05, 0.1) is 5.52 Å². The van der Waals surface area contributed by atoms with Gasteiger partial charge in [-0.2, -0.15) is 0 Å². The van der Waals surface area contributed by atoms with Crippen molar-refractivity contribution in [3.63, 3.8) is 0 Å². The molecule has 0 radical (unpaired) electrons. The van der Waals surface area contributed by atoms with Gasteiger partial charge in [0.25, 0.3) is 0 Å². The Kier molecular flexibility index (Phi) is 3.10. The minimum atomic E-state index is 0.964. The molecule has 1 nitrogen and oxygen atoms in total. The van der Waals surface area contributed by atoms with Gasteiger partial charge in [-0.3, -0.25) is 0 Å². The minimum absolute atomic E-state index is 0.964. The molecule has 0 unspecified atom stereocenters. The molecule has 1 heteroatoms. The molecule has 0 aliphatic heterocycles. The van der Waals surface area contributed by atoms with E-state index in [0.717, 1.165) is 13.0 Å². The molecule has 0 spiro atoms. The van der Waals surface area contributed by atoms with E-state index in [1.807, 2.05) is 0 Å². The molecule has 1 aliphatic carbocycles. The number of hydrogen-bond acceptors (Lipinski definition) is 0. The lowest BCUT2D eigenvalue weighted by atomic mass is 9.94. The Hall–Kier alpha value is -3.58. The predicted molar refractivity (Wildman–Crippen MR) is 128 cm³/mol. The van der Waals surface area contributed by atoms with Crippen LogP contribution in [-0.4, -0.2) is 4.57 Å². The monoisotopic (exact) mass is 383 g/mol. The quantitative estimate of drug-likeness (QED) is 0.274. The third-order valence-corrected chi connectivity index (χ3v) is 6.96. The van der Waals surface area contributed by atoms with Gasteiger partial charge in [0.2, 0.25) is 0 Å². The van der Waals surface area contributed by atoms with E-state index < -0.39 is 0 Å². The maximum Gasteiger partial charge on any atom is 0.0580 e. The van der Waals surface area contributed by atoms with Crippen LogP contribution in [0.2, 0.25) is 0 Å². The minimum Gasteiger partial charge on any atom is -0.340 e. The molecule has 0 fully saturated rings. The van der Waals surface area contributed by atoms with E-state index in [4.69, 9.17) is 0 Å². The second kappa shape index (κ2) is 5.73. The summed E-state index contributed by atoms with van der Waals surface area (Å²) in [6.07, 6.45) is 1.02. The second-order valence-electron chi connectivity index (χ2n) is 8.42. The highest BCUT2D eigenvalue weighted by atomic mass is 15.0. The third-order valence-electron chi connectivity index (χ3n) is 6.96. The molecule has 30 heavy (non-hydrogen) atoms. The molecule has 0 saturated heterocycles. The van der Waals surface area contributed by atoms with Crippen LogP contribution in [0.1, 0.15) is 18.1 Å². The molecular formula is C29H21N. The molecule has 0 saturated carbocycles. The number of benzene rings is 5. The van der Waals surface area contributed by atoms with E-state index in [9.17, 15) is 0 Å². The molecular weight excluding hydrogens is 362 g/mol. The molecule has 6 aromatic rings. The van der Waals surface area contributed by atoms with E-state index >= 15 is 0 Å². The first-order chi connectivity index (χ1) is 14.8. The van der Waals surface area contributed by atoms with E-state index in [1.54, 1.807) is 0 Å². The van der Waals surface area contributed by atoms with Crippen molar-refractivity contribution in [1.82, 2.24) is 4.57 Å².